The van der Waals surface area contributed by atoms with Crippen LogP contribution in [-0.4, -0.2) is 43.0 Å². The van der Waals surface area contributed by atoms with Crippen LogP contribution in [0.1, 0.15) is 12.8 Å². The Bertz CT molecular complexity index is 258. The molecule has 1 aliphatic rings. The lowest BCUT2D eigenvalue weighted by molar-refractivity contribution is 0.339. The van der Waals surface area contributed by atoms with Gasteiger partial charge in [-0.2, -0.15) is 0 Å². The molecule has 1 aliphatic heterocycles. The summed E-state index contributed by atoms with van der Waals surface area (Å²) in [6.07, 6.45) is 2.66. The Labute approximate surface area is 110 Å². The minimum absolute atomic E-state index is 1.22. The van der Waals surface area contributed by atoms with Gasteiger partial charge < -0.3 is 12.8 Å². The number of rotatable bonds is 5. The van der Waals surface area contributed by atoms with Crippen LogP contribution in [0.25, 0.3) is 0 Å². The van der Waals surface area contributed by atoms with Crippen LogP contribution in [0, 0.1) is 0 Å². The van der Waals surface area contributed by atoms with E-state index >= 15 is 0 Å². The van der Waals surface area contributed by atoms with E-state index in [0.29, 0.717) is 0 Å². The summed E-state index contributed by atoms with van der Waals surface area (Å²) in [7, 11) is -5.16. The zero-order valence-corrected chi connectivity index (χ0v) is 15.6. The summed E-state index contributed by atoms with van der Waals surface area (Å²) < 4.78 is 15.4. The second-order valence-corrected chi connectivity index (χ2v) is 19.0. The van der Waals surface area contributed by atoms with Crippen LogP contribution in [-0.2, 0) is 8.23 Å². The van der Waals surface area contributed by atoms with Crippen LogP contribution in [0.3, 0.4) is 0 Å². The van der Waals surface area contributed by atoms with E-state index in [-0.39, 0.29) is 0 Å². The fraction of sp³-hybridized carbons (Fsp3) is 1.00. The zero-order chi connectivity index (χ0) is 13.3. The normalized spacial score (nSPS) is 19.9. The van der Waals surface area contributed by atoms with Crippen molar-refractivity contribution in [2.45, 2.75) is 58.7 Å². The fourth-order valence-corrected chi connectivity index (χ4v) is 15.8. The van der Waals surface area contributed by atoms with Gasteiger partial charge in [-0.1, -0.05) is 0 Å². The molecule has 0 aromatic heterocycles. The summed E-state index contributed by atoms with van der Waals surface area (Å²) in [6.45, 7) is 18.2. The SMILES string of the molecule is C[Si](C)(C)O[Si](C)(C)O[Si](C)(C)N1CCCC1. The van der Waals surface area contributed by atoms with E-state index < -0.39 is 25.4 Å². The third kappa shape index (κ3) is 5.35. The third-order valence-electron chi connectivity index (χ3n) is 2.92. The average Bonchev–Trinajstić information content (AvgIpc) is 2.46. The van der Waals surface area contributed by atoms with Gasteiger partial charge in [0.25, 0.3) is 8.48 Å². The molecule has 3 nitrogen and oxygen atoms in total. The van der Waals surface area contributed by atoms with Crippen molar-refractivity contribution in [3.8, 4) is 0 Å². The molecule has 0 saturated carbocycles. The smallest absolute Gasteiger partial charge is 0.312 e. The number of hydrogen-bond donors (Lipinski definition) is 0. The molecule has 1 rings (SSSR count). The Morgan fingerprint density at radius 3 is 1.65 bits per heavy atom. The highest BCUT2D eigenvalue weighted by molar-refractivity contribution is 6.86. The second kappa shape index (κ2) is 5.26. The molecule has 6 heteroatoms. The molecule has 0 radical (unpaired) electrons. The maximum absolute atomic E-state index is 6.50. The standard InChI is InChI=1S/C11H29NO2Si3/c1-15(2,3)13-17(6,7)14-16(4,5)12-10-8-9-11-12/h8-11H2,1-7H3. The number of nitrogens with zero attached hydrogens (tertiary/aromatic N) is 1. The van der Waals surface area contributed by atoms with Gasteiger partial charge in [-0.25, -0.2) is 0 Å². The van der Waals surface area contributed by atoms with E-state index in [9.17, 15) is 0 Å². The lowest BCUT2D eigenvalue weighted by atomic mass is 10.4. The molecule has 0 N–H and O–H groups in total. The van der Waals surface area contributed by atoms with Crippen molar-refractivity contribution in [1.82, 2.24) is 4.57 Å². The van der Waals surface area contributed by atoms with Gasteiger partial charge in [0.05, 0.1) is 0 Å². The van der Waals surface area contributed by atoms with E-state index in [0.717, 1.165) is 0 Å². The Morgan fingerprint density at radius 1 is 0.765 bits per heavy atom. The molecule has 0 spiro atoms. The average molecular weight is 292 g/mol. The first-order valence-corrected chi connectivity index (χ1v) is 15.8. The highest BCUT2D eigenvalue weighted by Gasteiger charge is 2.42. The van der Waals surface area contributed by atoms with Gasteiger partial charge in [-0.05, 0) is 71.8 Å². The molecular formula is C11H29NO2Si3. The highest BCUT2D eigenvalue weighted by Crippen LogP contribution is 2.25. The monoisotopic (exact) mass is 291 g/mol. The molecular weight excluding hydrogens is 262 g/mol. The molecule has 0 atom stereocenters. The van der Waals surface area contributed by atoms with Crippen molar-refractivity contribution >= 4 is 25.4 Å². The van der Waals surface area contributed by atoms with Gasteiger partial charge in [0, 0.05) is 0 Å². The molecule has 0 aliphatic carbocycles. The lowest BCUT2D eigenvalue weighted by Crippen LogP contribution is -2.58. The van der Waals surface area contributed by atoms with Gasteiger partial charge in [0.2, 0.25) is 0 Å². The number of hydrogen-bond acceptors (Lipinski definition) is 3. The van der Waals surface area contributed by atoms with Crippen molar-refractivity contribution in [3.63, 3.8) is 0 Å². The van der Waals surface area contributed by atoms with Gasteiger partial charge in [0.1, 0.15) is 0 Å². The van der Waals surface area contributed by atoms with E-state index in [2.05, 4.69) is 50.4 Å². The third-order valence-corrected chi connectivity index (χ3v) is 13.3. The molecule has 0 aromatic carbocycles. The van der Waals surface area contributed by atoms with Crippen molar-refractivity contribution in [1.29, 1.82) is 0 Å². The molecule has 1 heterocycles. The molecule has 0 aromatic rings. The van der Waals surface area contributed by atoms with Crippen molar-refractivity contribution in [2.75, 3.05) is 13.1 Å². The zero-order valence-electron chi connectivity index (χ0n) is 12.6. The minimum Gasteiger partial charge on any atom is -0.437 e. The summed E-state index contributed by atoms with van der Waals surface area (Å²) in [5, 5.41) is 0. The summed E-state index contributed by atoms with van der Waals surface area (Å²) in [5.41, 5.74) is 0. The van der Waals surface area contributed by atoms with E-state index in [1.54, 1.807) is 0 Å². The van der Waals surface area contributed by atoms with Crippen LogP contribution in [0.2, 0.25) is 45.8 Å². The van der Waals surface area contributed by atoms with E-state index in [4.69, 9.17) is 8.23 Å². The first-order chi connectivity index (χ1) is 7.52. The summed E-state index contributed by atoms with van der Waals surface area (Å²) >= 11 is 0. The molecule has 0 amide bonds. The van der Waals surface area contributed by atoms with Crippen molar-refractivity contribution in [3.05, 3.63) is 0 Å². The largest absolute Gasteiger partial charge is 0.437 e. The Morgan fingerprint density at radius 2 is 1.24 bits per heavy atom. The van der Waals surface area contributed by atoms with Crippen LogP contribution in [0.5, 0.6) is 0 Å². The molecule has 17 heavy (non-hydrogen) atoms. The molecule has 102 valence electrons. The lowest BCUT2D eigenvalue weighted by Gasteiger charge is -2.41. The molecule has 1 fully saturated rings. The fourth-order valence-electron chi connectivity index (χ4n) is 2.68. The van der Waals surface area contributed by atoms with Crippen LogP contribution < -0.4 is 0 Å². The van der Waals surface area contributed by atoms with Gasteiger partial charge in [-0.15, -0.1) is 0 Å². The van der Waals surface area contributed by atoms with Crippen LogP contribution in [0.4, 0.5) is 0 Å². The molecule has 0 bridgehead atoms. The van der Waals surface area contributed by atoms with Crippen molar-refractivity contribution in [2.24, 2.45) is 0 Å². The van der Waals surface area contributed by atoms with Gasteiger partial charge in [0.15, 0.2) is 8.32 Å². The molecule has 0 unspecified atom stereocenters. The van der Waals surface area contributed by atoms with Crippen molar-refractivity contribution < 1.29 is 8.23 Å². The van der Waals surface area contributed by atoms with Gasteiger partial charge in [-0.3, -0.25) is 0 Å². The first kappa shape index (κ1) is 15.6. The summed E-state index contributed by atoms with van der Waals surface area (Å²) in [6, 6.07) is 0. The van der Waals surface area contributed by atoms with E-state index in [1.807, 2.05) is 0 Å². The highest BCUT2D eigenvalue weighted by atomic mass is 28.5. The summed E-state index contributed by atoms with van der Waals surface area (Å²) in [4.78, 5) is 0. The topological polar surface area (TPSA) is 21.7 Å². The van der Waals surface area contributed by atoms with Gasteiger partial charge >= 0.3 is 8.56 Å². The predicted octanol–water partition coefficient (Wildman–Crippen LogP) is 3.35. The second-order valence-electron chi connectivity index (χ2n) is 6.86. The Kier molecular flexibility index (Phi) is 4.82. The molecule has 1 saturated heterocycles. The Balaban J connectivity index is 2.61. The maximum atomic E-state index is 6.50. The van der Waals surface area contributed by atoms with Crippen LogP contribution in [0.15, 0.2) is 0 Å². The first-order valence-electron chi connectivity index (χ1n) is 6.67. The van der Waals surface area contributed by atoms with E-state index in [1.165, 1.54) is 25.9 Å². The maximum Gasteiger partial charge on any atom is 0.312 e. The minimum atomic E-state index is -1.96. The quantitative estimate of drug-likeness (QED) is 0.725. The predicted molar refractivity (Wildman–Crippen MR) is 81.3 cm³/mol. The summed E-state index contributed by atoms with van der Waals surface area (Å²) in [5.74, 6) is 0. The Hall–Kier alpha value is 0.531. The van der Waals surface area contributed by atoms with Crippen LogP contribution >= 0.6 is 0 Å².